The molecule has 0 aliphatic heterocycles. The van der Waals surface area contributed by atoms with E-state index in [0.717, 1.165) is 31.4 Å². The highest BCUT2D eigenvalue weighted by Crippen LogP contribution is 2.45. The maximum atomic E-state index is 15.9. The third-order valence-corrected chi connectivity index (χ3v) is 6.40. The van der Waals surface area contributed by atoms with Gasteiger partial charge >= 0.3 is 6.36 Å². The molecule has 0 saturated heterocycles. The van der Waals surface area contributed by atoms with E-state index < -0.39 is 23.7 Å². The fraction of sp³-hybridized carbons (Fsp3) is 0.357. The van der Waals surface area contributed by atoms with E-state index in [-0.39, 0.29) is 36.0 Å². The molecular formula is C28H29F5O2. The molecule has 0 heterocycles. The number of benzene rings is 3. The molecule has 4 rings (SSSR count). The van der Waals surface area contributed by atoms with Gasteiger partial charge in [-0.2, -0.15) is 0 Å². The fourth-order valence-electron chi connectivity index (χ4n) is 4.61. The predicted octanol–water partition coefficient (Wildman–Crippen LogP) is 9.64. The van der Waals surface area contributed by atoms with Crippen LogP contribution in [-0.4, -0.2) is 6.36 Å². The van der Waals surface area contributed by atoms with Crippen molar-refractivity contribution in [2.24, 2.45) is 5.92 Å². The lowest BCUT2D eigenvalue weighted by Gasteiger charge is -2.29. The van der Waals surface area contributed by atoms with Gasteiger partial charge in [0.15, 0.2) is 11.6 Å². The van der Waals surface area contributed by atoms with E-state index in [9.17, 15) is 13.2 Å². The number of hydrogen-bond donors (Lipinski definition) is 0. The molecule has 0 bridgehead atoms. The maximum absolute atomic E-state index is 15.9. The quantitative estimate of drug-likeness (QED) is 0.319. The molecule has 1 saturated carbocycles. The van der Waals surface area contributed by atoms with E-state index in [2.05, 4.69) is 11.7 Å². The largest absolute Gasteiger partial charge is 0.573 e. The van der Waals surface area contributed by atoms with Crippen LogP contribution in [0.4, 0.5) is 22.0 Å². The smallest absolute Gasteiger partial charge is 0.454 e. The first-order chi connectivity index (χ1) is 16.2. The molecule has 1 aliphatic rings. The van der Waals surface area contributed by atoms with Gasteiger partial charge < -0.3 is 9.47 Å². The molecule has 1 fully saturated rings. The first kappa shape index (κ1) is 26.5. The van der Waals surface area contributed by atoms with E-state index in [1.54, 1.807) is 30.3 Å². The van der Waals surface area contributed by atoms with Crippen LogP contribution in [-0.2, 0) is 0 Å². The highest BCUT2D eigenvalue weighted by molar-refractivity contribution is 5.72. The van der Waals surface area contributed by atoms with E-state index >= 15 is 8.78 Å². The summed E-state index contributed by atoms with van der Waals surface area (Å²) in [5.74, 6) is -1.53. The average molecular weight is 493 g/mol. The summed E-state index contributed by atoms with van der Waals surface area (Å²) in [6.45, 7) is 2.12. The van der Waals surface area contributed by atoms with E-state index in [1.807, 2.05) is 0 Å². The SMILES string of the molecule is C.CCC1CCC(c2c(F)cc(-c3ccccc3)c(Oc3ccc(OC(F)(F)F)cc3)c2F)CC1. The van der Waals surface area contributed by atoms with E-state index in [4.69, 9.17) is 4.74 Å². The Morgan fingerprint density at radius 2 is 1.46 bits per heavy atom. The molecule has 0 radical (unpaired) electrons. The van der Waals surface area contributed by atoms with Crippen molar-refractivity contribution < 1.29 is 31.4 Å². The summed E-state index contributed by atoms with van der Waals surface area (Å²) < 4.78 is 78.2. The molecule has 0 N–H and O–H groups in total. The molecular weight excluding hydrogens is 463 g/mol. The van der Waals surface area contributed by atoms with Crippen molar-refractivity contribution in [3.05, 3.63) is 77.9 Å². The Bertz CT molecular complexity index is 1100. The minimum Gasteiger partial charge on any atom is -0.454 e. The van der Waals surface area contributed by atoms with Crippen molar-refractivity contribution in [1.29, 1.82) is 0 Å². The van der Waals surface area contributed by atoms with Crippen LogP contribution in [0, 0.1) is 17.6 Å². The van der Waals surface area contributed by atoms with Gasteiger partial charge in [-0.25, -0.2) is 8.78 Å². The first-order valence-corrected chi connectivity index (χ1v) is 11.4. The van der Waals surface area contributed by atoms with Gasteiger partial charge in [-0.05, 0) is 73.4 Å². The monoisotopic (exact) mass is 492 g/mol. The zero-order chi connectivity index (χ0) is 24.3. The Morgan fingerprint density at radius 1 is 0.857 bits per heavy atom. The number of alkyl halides is 3. The summed E-state index contributed by atoms with van der Waals surface area (Å²) in [6.07, 6.45) is -0.556. The number of halogens is 5. The molecule has 2 nitrogen and oxygen atoms in total. The van der Waals surface area contributed by atoms with Gasteiger partial charge in [0, 0.05) is 11.1 Å². The molecule has 3 aromatic carbocycles. The van der Waals surface area contributed by atoms with Crippen molar-refractivity contribution in [3.63, 3.8) is 0 Å². The van der Waals surface area contributed by atoms with Crippen molar-refractivity contribution in [2.45, 2.75) is 58.7 Å². The van der Waals surface area contributed by atoms with Crippen LogP contribution in [0.2, 0.25) is 0 Å². The number of hydrogen-bond acceptors (Lipinski definition) is 2. The summed E-state index contributed by atoms with van der Waals surface area (Å²) in [7, 11) is 0. The summed E-state index contributed by atoms with van der Waals surface area (Å²) in [5, 5.41) is 0. The Morgan fingerprint density at radius 3 is 2.03 bits per heavy atom. The van der Waals surface area contributed by atoms with Crippen LogP contribution in [0.15, 0.2) is 60.7 Å². The molecule has 188 valence electrons. The minimum atomic E-state index is -4.82. The molecule has 3 aromatic rings. The van der Waals surface area contributed by atoms with Gasteiger partial charge in [0.2, 0.25) is 0 Å². The van der Waals surface area contributed by atoms with E-state index in [1.165, 1.54) is 18.2 Å². The lowest BCUT2D eigenvalue weighted by atomic mass is 9.77. The van der Waals surface area contributed by atoms with E-state index in [0.29, 0.717) is 24.3 Å². The lowest BCUT2D eigenvalue weighted by Crippen LogP contribution is -2.17. The molecule has 0 atom stereocenters. The van der Waals surface area contributed by atoms with Crippen molar-refractivity contribution in [3.8, 4) is 28.4 Å². The molecule has 0 unspecified atom stereocenters. The lowest BCUT2D eigenvalue weighted by molar-refractivity contribution is -0.274. The summed E-state index contributed by atoms with van der Waals surface area (Å²) in [6, 6.07) is 14.7. The van der Waals surface area contributed by atoms with Gasteiger partial charge in [-0.1, -0.05) is 51.1 Å². The van der Waals surface area contributed by atoms with Gasteiger partial charge in [0.1, 0.15) is 17.3 Å². The second kappa shape index (κ2) is 11.1. The Kier molecular flexibility index (Phi) is 8.41. The molecule has 0 spiro atoms. The number of rotatable bonds is 6. The van der Waals surface area contributed by atoms with Gasteiger partial charge in [0.25, 0.3) is 0 Å². The van der Waals surface area contributed by atoms with Crippen molar-refractivity contribution in [2.75, 3.05) is 0 Å². The van der Waals surface area contributed by atoms with Crippen LogP contribution in [0.5, 0.6) is 17.2 Å². The topological polar surface area (TPSA) is 18.5 Å². The molecule has 1 aliphatic carbocycles. The van der Waals surface area contributed by atoms with Crippen LogP contribution < -0.4 is 9.47 Å². The zero-order valence-corrected chi connectivity index (χ0v) is 18.7. The Labute approximate surface area is 202 Å². The van der Waals surface area contributed by atoms with Gasteiger partial charge in [0.05, 0.1) is 0 Å². The molecule has 35 heavy (non-hydrogen) atoms. The normalized spacial score (nSPS) is 18.0. The zero-order valence-electron chi connectivity index (χ0n) is 18.7. The van der Waals surface area contributed by atoms with Gasteiger partial charge in [-0.15, -0.1) is 13.2 Å². The summed E-state index contributed by atoms with van der Waals surface area (Å²) >= 11 is 0. The maximum Gasteiger partial charge on any atom is 0.573 e. The molecule has 7 heteroatoms. The van der Waals surface area contributed by atoms with Crippen molar-refractivity contribution in [1.82, 2.24) is 0 Å². The Balaban J connectivity index is 0.00000342. The second-order valence-corrected chi connectivity index (χ2v) is 8.58. The Hall–Kier alpha value is -3.09. The fourth-order valence-corrected chi connectivity index (χ4v) is 4.61. The van der Waals surface area contributed by atoms with Crippen LogP contribution in [0.25, 0.3) is 11.1 Å². The third kappa shape index (κ3) is 6.32. The minimum absolute atomic E-state index is 0. The highest BCUT2D eigenvalue weighted by Gasteiger charge is 2.32. The molecule has 0 amide bonds. The standard InChI is InChI=1S/C27H25F5O2.CH4/c1-2-17-8-10-19(11-9-17)24-23(28)16-22(18-6-4-3-5-7-18)26(25(24)29)33-20-12-14-21(15-13-20)34-27(30,31)32;/h3-7,12-17,19H,2,8-11H2,1H3;1H4. The molecule has 0 aromatic heterocycles. The predicted molar refractivity (Wildman–Crippen MR) is 127 cm³/mol. The van der Waals surface area contributed by atoms with Crippen LogP contribution >= 0.6 is 0 Å². The van der Waals surface area contributed by atoms with Crippen LogP contribution in [0.1, 0.15) is 57.9 Å². The third-order valence-electron chi connectivity index (χ3n) is 6.40. The van der Waals surface area contributed by atoms with Crippen molar-refractivity contribution >= 4 is 0 Å². The first-order valence-electron chi connectivity index (χ1n) is 11.4. The summed E-state index contributed by atoms with van der Waals surface area (Å²) in [4.78, 5) is 0. The van der Waals surface area contributed by atoms with Gasteiger partial charge in [-0.3, -0.25) is 0 Å². The number of ether oxygens (including phenoxy) is 2. The second-order valence-electron chi connectivity index (χ2n) is 8.58. The average Bonchev–Trinajstić information content (AvgIpc) is 2.82. The highest BCUT2D eigenvalue weighted by atomic mass is 19.4. The van der Waals surface area contributed by atoms with Crippen LogP contribution in [0.3, 0.4) is 0 Å². The summed E-state index contributed by atoms with van der Waals surface area (Å²) in [5.41, 5.74) is 0.812.